The molecular weight excluding hydrogens is 178 g/mol. The van der Waals surface area contributed by atoms with Crippen LogP contribution >= 0.6 is 0 Å². The van der Waals surface area contributed by atoms with E-state index in [0.29, 0.717) is 6.04 Å². The zero-order valence-corrected chi connectivity index (χ0v) is 9.32. The minimum absolute atomic E-state index is 0.202. The highest BCUT2D eigenvalue weighted by molar-refractivity contribution is 4.80. The van der Waals surface area contributed by atoms with Crippen molar-refractivity contribution in [2.45, 2.75) is 57.8 Å². The number of hydrogen-bond donors (Lipinski definition) is 2. The van der Waals surface area contributed by atoms with E-state index < -0.39 is 0 Å². The molecule has 0 radical (unpaired) electrons. The molecule has 1 saturated heterocycles. The van der Waals surface area contributed by atoms with Gasteiger partial charge in [-0.25, -0.2) is 0 Å². The molecule has 0 aromatic rings. The second-order valence-electron chi connectivity index (χ2n) is 4.55. The minimum Gasteiger partial charge on any atom is -0.393 e. The van der Waals surface area contributed by atoms with Crippen LogP contribution in [0.25, 0.3) is 0 Å². The van der Waals surface area contributed by atoms with E-state index in [4.69, 9.17) is 0 Å². The van der Waals surface area contributed by atoms with Crippen molar-refractivity contribution >= 4 is 0 Å². The second kappa shape index (κ2) is 5.69. The summed E-state index contributed by atoms with van der Waals surface area (Å²) in [6, 6.07) is 0.536. The SMILES string of the molecule is CC(O)CCN1CCCC1CC(C)O. The number of rotatable bonds is 5. The average molecular weight is 201 g/mol. The third kappa shape index (κ3) is 3.95. The van der Waals surface area contributed by atoms with Gasteiger partial charge in [0.25, 0.3) is 0 Å². The molecular formula is C11H23NO2. The van der Waals surface area contributed by atoms with E-state index in [9.17, 15) is 10.2 Å². The fourth-order valence-electron chi connectivity index (χ4n) is 2.20. The highest BCUT2D eigenvalue weighted by Gasteiger charge is 2.25. The Morgan fingerprint density at radius 1 is 1.29 bits per heavy atom. The molecule has 1 aliphatic rings. The fraction of sp³-hybridized carbons (Fsp3) is 1.00. The van der Waals surface area contributed by atoms with Gasteiger partial charge in [-0.15, -0.1) is 0 Å². The molecule has 2 N–H and O–H groups in total. The largest absolute Gasteiger partial charge is 0.393 e. The van der Waals surface area contributed by atoms with Crippen molar-refractivity contribution in [2.24, 2.45) is 0 Å². The number of aliphatic hydroxyl groups is 2. The van der Waals surface area contributed by atoms with Crippen LogP contribution in [-0.2, 0) is 0 Å². The van der Waals surface area contributed by atoms with Gasteiger partial charge in [-0.3, -0.25) is 0 Å². The van der Waals surface area contributed by atoms with Gasteiger partial charge >= 0.3 is 0 Å². The van der Waals surface area contributed by atoms with Crippen LogP contribution in [0.5, 0.6) is 0 Å². The molecule has 1 aliphatic heterocycles. The molecule has 3 heteroatoms. The van der Waals surface area contributed by atoms with Gasteiger partial charge in [0.2, 0.25) is 0 Å². The number of nitrogens with zero attached hydrogens (tertiary/aromatic N) is 1. The Bertz CT molecular complexity index is 159. The molecule has 0 aliphatic carbocycles. The maximum absolute atomic E-state index is 9.33. The first kappa shape index (κ1) is 12.0. The van der Waals surface area contributed by atoms with Crippen molar-refractivity contribution in [1.29, 1.82) is 0 Å². The number of hydrogen-bond acceptors (Lipinski definition) is 3. The predicted octanol–water partition coefficient (Wildman–Crippen LogP) is 0.993. The molecule has 0 amide bonds. The molecule has 0 bridgehead atoms. The van der Waals surface area contributed by atoms with Gasteiger partial charge in [0, 0.05) is 12.6 Å². The van der Waals surface area contributed by atoms with Crippen LogP contribution in [0.15, 0.2) is 0 Å². The van der Waals surface area contributed by atoms with Crippen molar-refractivity contribution < 1.29 is 10.2 Å². The molecule has 0 aromatic heterocycles. The van der Waals surface area contributed by atoms with Gasteiger partial charge in [0.1, 0.15) is 0 Å². The molecule has 1 fully saturated rings. The Balaban J connectivity index is 2.28. The second-order valence-corrected chi connectivity index (χ2v) is 4.55. The van der Waals surface area contributed by atoms with Gasteiger partial charge in [-0.1, -0.05) is 0 Å². The molecule has 1 rings (SSSR count). The van der Waals surface area contributed by atoms with Crippen molar-refractivity contribution in [3.8, 4) is 0 Å². The maximum Gasteiger partial charge on any atom is 0.0527 e. The maximum atomic E-state index is 9.33. The summed E-state index contributed by atoms with van der Waals surface area (Å²) in [5, 5.41) is 18.5. The summed E-state index contributed by atoms with van der Waals surface area (Å²) in [5.41, 5.74) is 0. The van der Waals surface area contributed by atoms with Gasteiger partial charge in [0.15, 0.2) is 0 Å². The highest BCUT2D eigenvalue weighted by atomic mass is 16.3. The Morgan fingerprint density at radius 3 is 2.57 bits per heavy atom. The van der Waals surface area contributed by atoms with Gasteiger partial charge in [-0.05, 0) is 46.1 Å². The van der Waals surface area contributed by atoms with Gasteiger partial charge < -0.3 is 15.1 Å². The monoisotopic (exact) mass is 201 g/mol. The lowest BCUT2D eigenvalue weighted by Crippen LogP contribution is -2.33. The van der Waals surface area contributed by atoms with Crippen molar-refractivity contribution in [1.82, 2.24) is 4.90 Å². The number of aliphatic hydroxyl groups excluding tert-OH is 2. The fourth-order valence-corrected chi connectivity index (χ4v) is 2.20. The normalized spacial score (nSPS) is 27.9. The van der Waals surface area contributed by atoms with Gasteiger partial charge in [-0.2, -0.15) is 0 Å². The van der Waals surface area contributed by atoms with Crippen molar-refractivity contribution in [2.75, 3.05) is 13.1 Å². The lowest BCUT2D eigenvalue weighted by atomic mass is 10.1. The lowest BCUT2D eigenvalue weighted by molar-refractivity contribution is 0.116. The van der Waals surface area contributed by atoms with Crippen LogP contribution in [0.3, 0.4) is 0 Å². The zero-order chi connectivity index (χ0) is 10.6. The van der Waals surface area contributed by atoms with Gasteiger partial charge in [0.05, 0.1) is 12.2 Å². The Morgan fingerprint density at radius 2 is 2.00 bits per heavy atom. The van der Waals surface area contributed by atoms with E-state index in [1.165, 1.54) is 12.8 Å². The summed E-state index contributed by atoms with van der Waals surface area (Å²) in [6.45, 7) is 5.78. The van der Waals surface area contributed by atoms with Crippen LogP contribution in [-0.4, -0.2) is 46.5 Å². The smallest absolute Gasteiger partial charge is 0.0527 e. The Hall–Kier alpha value is -0.120. The first-order valence-corrected chi connectivity index (χ1v) is 5.69. The standard InChI is InChI=1S/C11H23NO2/c1-9(13)5-7-12-6-3-4-11(12)8-10(2)14/h9-11,13-14H,3-8H2,1-2H3. The van der Waals surface area contributed by atoms with E-state index in [2.05, 4.69) is 4.90 Å². The zero-order valence-electron chi connectivity index (χ0n) is 9.32. The molecule has 3 unspecified atom stereocenters. The summed E-state index contributed by atoms with van der Waals surface area (Å²) >= 11 is 0. The van der Waals surface area contributed by atoms with Crippen LogP contribution in [0.2, 0.25) is 0 Å². The summed E-state index contributed by atoms with van der Waals surface area (Å²) in [4.78, 5) is 2.40. The van der Waals surface area contributed by atoms with Crippen LogP contribution in [0.1, 0.15) is 39.5 Å². The average Bonchev–Trinajstić information content (AvgIpc) is 2.47. The summed E-state index contributed by atoms with van der Waals surface area (Å²) in [6.07, 6.45) is 3.74. The summed E-state index contributed by atoms with van der Waals surface area (Å²) in [7, 11) is 0. The van der Waals surface area contributed by atoms with E-state index >= 15 is 0 Å². The minimum atomic E-state index is -0.206. The molecule has 0 aromatic carbocycles. The molecule has 3 atom stereocenters. The van der Waals surface area contributed by atoms with Crippen LogP contribution in [0.4, 0.5) is 0 Å². The molecule has 84 valence electrons. The molecule has 3 nitrogen and oxygen atoms in total. The quantitative estimate of drug-likeness (QED) is 0.697. The summed E-state index contributed by atoms with van der Waals surface area (Å²) in [5.74, 6) is 0. The lowest BCUT2D eigenvalue weighted by Gasteiger charge is -2.25. The third-order valence-electron chi connectivity index (χ3n) is 2.95. The van der Waals surface area contributed by atoms with E-state index in [0.717, 1.165) is 25.9 Å². The predicted molar refractivity (Wildman–Crippen MR) is 57.2 cm³/mol. The van der Waals surface area contributed by atoms with E-state index in [1.54, 1.807) is 0 Å². The molecule has 0 spiro atoms. The highest BCUT2D eigenvalue weighted by Crippen LogP contribution is 2.21. The van der Waals surface area contributed by atoms with Crippen LogP contribution in [0, 0.1) is 0 Å². The molecule has 0 saturated carbocycles. The molecule has 14 heavy (non-hydrogen) atoms. The third-order valence-corrected chi connectivity index (χ3v) is 2.95. The first-order valence-electron chi connectivity index (χ1n) is 5.69. The van der Waals surface area contributed by atoms with Crippen LogP contribution < -0.4 is 0 Å². The first-order chi connectivity index (χ1) is 6.59. The van der Waals surface area contributed by atoms with Crippen molar-refractivity contribution in [3.63, 3.8) is 0 Å². The van der Waals surface area contributed by atoms with E-state index in [-0.39, 0.29) is 12.2 Å². The number of likely N-dealkylation sites (tertiary alicyclic amines) is 1. The summed E-state index contributed by atoms with van der Waals surface area (Å²) < 4.78 is 0. The Kier molecular flexibility index (Phi) is 4.85. The van der Waals surface area contributed by atoms with Crippen molar-refractivity contribution in [3.05, 3.63) is 0 Å². The molecule has 1 heterocycles. The van der Waals surface area contributed by atoms with E-state index in [1.807, 2.05) is 13.8 Å². The topological polar surface area (TPSA) is 43.7 Å². The Labute approximate surface area is 86.7 Å².